The summed E-state index contributed by atoms with van der Waals surface area (Å²) in [6, 6.07) is 15.9. The fourth-order valence-electron chi connectivity index (χ4n) is 2.61. The van der Waals surface area contributed by atoms with E-state index >= 15 is 0 Å². The lowest BCUT2D eigenvalue weighted by Gasteiger charge is -2.06. The van der Waals surface area contributed by atoms with Gasteiger partial charge in [0.1, 0.15) is 11.4 Å². The first-order valence-electron chi connectivity index (χ1n) is 7.66. The lowest BCUT2D eigenvalue weighted by Crippen LogP contribution is -2.25. The molecule has 4 heteroatoms. The van der Waals surface area contributed by atoms with Gasteiger partial charge in [-0.05, 0) is 48.7 Å². The van der Waals surface area contributed by atoms with Gasteiger partial charge in [0.2, 0.25) is 0 Å². The molecule has 0 saturated carbocycles. The van der Waals surface area contributed by atoms with Gasteiger partial charge in [0.25, 0.3) is 5.91 Å². The maximum atomic E-state index is 12.2. The smallest absolute Gasteiger partial charge is 0.267 e. The van der Waals surface area contributed by atoms with Crippen LogP contribution in [0.15, 0.2) is 48.5 Å². The molecular formula is C19H20N2O2. The minimum Gasteiger partial charge on any atom is -0.497 e. The molecule has 2 aromatic carbocycles. The predicted octanol–water partition coefficient (Wildman–Crippen LogP) is 3.46. The number of hydrogen-bond donors (Lipinski definition) is 2. The Kier molecular flexibility index (Phi) is 4.33. The summed E-state index contributed by atoms with van der Waals surface area (Å²) in [6.07, 6.45) is 0.766. The van der Waals surface area contributed by atoms with Crippen LogP contribution in [0.4, 0.5) is 0 Å². The molecule has 0 aliphatic heterocycles. The number of carbonyl (C=O) groups excluding carboxylic acids is 1. The van der Waals surface area contributed by atoms with Crippen molar-refractivity contribution in [1.82, 2.24) is 10.3 Å². The number of methoxy groups -OCH3 is 1. The standard InChI is InChI=1S/C19H20N2O2/c1-13-6-7-15-12-18(21-17(15)10-13)19(22)20-9-8-14-4-3-5-16(11-14)23-2/h3-7,10-12,21H,8-9H2,1-2H3,(H,20,22). The van der Waals surface area contributed by atoms with Crippen LogP contribution in [0.3, 0.4) is 0 Å². The van der Waals surface area contributed by atoms with Crippen molar-refractivity contribution in [3.8, 4) is 5.75 Å². The van der Waals surface area contributed by atoms with Gasteiger partial charge in [-0.25, -0.2) is 0 Å². The molecule has 1 heterocycles. The van der Waals surface area contributed by atoms with Crippen molar-refractivity contribution in [3.05, 3.63) is 65.4 Å². The summed E-state index contributed by atoms with van der Waals surface area (Å²) < 4.78 is 5.20. The molecule has 0 atom stereocenters. The SMILES string of the molecule is COc1cccc(CCNC(=O)c2cc3ccc(C)cc3[nH]2)c1. The average molecular weight is 308 g/mol. The summed E-state index contributed by atoms with van der Waals surface area (Å²) in [6.45, 7) is 2.62. The van der Waals surface area contributed by atoms with Crippen LogP contribution in [0.5, 0.6) is 5.75 Å². The third kappa shape index (κ3) is 3.54. The van der Waals surface area contributed by atoms with Crippen LogP contribution in [-0.4, -0.2) is 24.5 Å². The summed E-state index contributed by atoms with van der Waals surface area (Å²) in [5.74, 6) is 0.751. The number of amides is 1. The number of H-pyrrole nitrogens is 1. The van der Waals surface area contributed by atoms with Gasteiger partial charge in [-0.1, -0.05) is 24.3 Å². The second-order valence-corrected chi connectivity index (χ2v) is 5.63. The van der Waals surface area contributed by atoms with Gasteiger partial charge >= 0.3 is 0 Å². The molecule has 3 rings (SSSR count). The van der Waals surface area contributed by atoms with Gasteiger partial charge in [-0.2, -0.15) is 0 Å². The molecule has 1 aromatic heterocycles. The van der Waals surface area contributed by atoms with E-state index in [2.05, 4.69) is 10.3 Å². The van der Waals surface area contributed by atoms with Crippen LogP contribution in [0, 0.1) is 6.92 Å². The molecule has 0 saturated heterocycles. The highest BCUT2D eigenvalue weighted by Crippen LogP contribution is 2.17. The van der Waals surface area contributed by atoms with Crippen molar-refractivity contribution >= 4 is 16.8 Å². The Hall–Kier alpha value is -2.75. The normalized spacial score (nSPS) is 10.7. The van der Waals surface area contributed by atoms with Crippen molar-refractivity contribution in [2.24, 2.45) is 0 Å². The Labute approximate surface area is 135 Å². The number of aromatic amines is 1. The molecule has 0 spiro atoms. The zero-order chi connectivity index (χ0) is 16.2. The van der Waals surface area contributed by atoms with Gasteiger partial charge < -0.3 is 15.0 Å². The average Bonchev–Trinajstić information content (AvgIpc) is 2.98. The molecule has 0 aliphatic rings. The minimum atomic E-state index is -0.0817. The van der Waals surface area contributed by atoms with E-state index in [1.807, 2.05) is 55.5 Å². The molecule has 0 radical (unpaired) electrons. The summed E-state index contributed by atoms with van der Waals surface area (Å²) in [7, 11) is 1.65. The van der Waals surface area contributed by atoms with Crippen LogP contribution in [0.2, 0.25) is 0 Å². The molecule has 0 unspecified atom stereocenters. The maximum absolute atomic E-state index is 12.2. The Morgan fingerprint density at radius 2 is 2.04 bits per heavy atom. The van der Waals surface area contributed by atoms with Gasteiger partial charge in [-0.15, -0.1) is 0 Å². The molecule has 118 valence electrons. The van der Waals surface area contributed by atoms with E-state index < -0.39 is 0 Å². The molecule has 23 heavy (non-hydrogen) atoms. The fourth-order valence-corrected chi connectivity index (χ4v) is 2.61. The molecular weight excluding hydrogens is 288 g/mol. The first kappa shape index (κ1) is 15.2. The van der Waals surface area contributed by atoms with E-state index in [0.717, 1.165) is 28.6 Å². The number of rotatable bonds is 5. The molecule has 3 aromatic rings. The van der Waals surface area contributed by atoms with Crippen LogP contribution in [-0.2, 0) is 6.42 Å². The number of benzene rings is 2. The highest BCUT2D eigenvalue weighted by atomic mass is 16.5. The van der Waals surface area contributed by atoms with E-state index in [-0.39, 0.29) is 5.91 Å². The minimum absolute atomic E-state index is 0.0817. The first-order valence-corrected chi connectivity index (χ1v) is 7.66. The zero-order valence-corrected chi connectivity index (χ0v) is 13.3. The van der Waals surface area contributed by atoms with Crippen LogP contribution in [0.1, 0.15) is 21.6 Å². The largest absolute Gasteiger partial charge is 0.497 e. The Balaban J connectivity index is 1.61. The number of hydrogen-bond acceptors (Lipinski definition) is 2. The summed E-state index contributed by atoms with van der Waals surface area (Å²) in [5, 5.41) is 4.00. The quantitative estimate of drug-likeness (QED) is 0.758. The van der Waals surface area contributed by atoms with Crippen molar-refractivity contribution in [2.45, 2.75) is 13.3 Å². The molecule has 4 nitrogen and oxygen atoms in total. The maximum Gasteiger partial charge on any atom is 0.267 e. The Morgan fingerprint density at radius 3 is 2.87 bits per heavy atom. The lowest BCUT2D eigenvalue weighted by atomic mass is 10.1. The predicted molar refractivity (Wildman–Crippen MR) is 92.1 cm³/mol. The second-order valence-electron chi connectivity index (χ2n) is 5.63. The van der Waals surface area contributed by atoms with Gasteiger partial charge in [-0.3, -0.25) is 4.79 Å². The topological polar surface area (TPSA) is 54.1 Å². The van der Waals surface area contributed by atoms with E-state index in [1.165, 1.54) is 5.56 Å². The first-order chi connectivity index (χ1) is 11.2. The van der Waals surface area contributed by atoms with Crippen LogP contribution in [0.25, 0.3) is 10.9 Å². The Morgan fingerprint density at radius 1 is 1.17 bits per heavy atom. The van der Waals surface area contributed by atoms with Crippen LogP contribution < -0.4 is 10.1 Å². The van der Waals surface area contributed by atoms with Gasteiger partial charge in [0.15, 0.2) is 0 Å². The Bertz CT molecular complexity index is 836. The van der Waals surface area contributed by atoms with Crippen molar-refractivity contribution in [2.75, 3.05) is 13.7 Å². The molecule has 2 N–H and O–H groups in total. The monoisotopic (exact) mass is 308 g/mol. The molecule has 0 aliphatic carbocycles. The third-order valence-electron chi connectivity index (χ3n) is 3.86. The molecule has 1 amide bonds. The highest BCUT2D eigenvalue weighted by molar-refractivity contribution is 5.98. The number of aromatic nitrogens is 1. The van der Waals surface area contributed by atoms with E-state index in [4.69, 9.17) is 4.74 Å². The van der Waals surface area contributed by atoms with E-state index in [9.17, 15) is 4.79 Å². The fraction of sp³-hybridized carbons (Fsp3) is 0.211. The van der Waals surface area contributed by atoms with Crippen molar-refractivity contribution < 1.29 is 9.53 Å². The lowest BCUT2D eigenvalue weighted by molar-refractivity contribution is 0.0950. The zero-order valence-electron chi connectivity index (χ0n) is 13.3. The van der Waals surface area contributed by atoms with Crippen molar-refractivity contribution in [1.29, 1.82) is 0 Å². The second kappa shape index (κ2) is 6.57. The van der Waals surface area contributed by atoms with Gasteiger partial charge in [0.05, 0.1) is 7.11 Å². The number of nitrogens with one attached hydrogen (secondary N) is 2. The summed E-state index contributed by atoms with van der Waals surface area (Å²) in [5.41, 5.74) is 3.89. The third-order valence-corrected chi connectivity index (χ3v) is 3.86. The summed E-state index contributed by atoms with van der Waals surface area (Å²) >= 11 is 0. The van der Waals surface area contributed by atoms with Gasteiger partial charge in [0, 0.05) is 17.4 Å². The van der Waals surface area contributed by atoms with Crippen molar-refractivity contribution in [3.63, 3.8) is 0 Å². The number of fused-ring (bicyclic) bond motifs is 1. The van der Waals surface area contributed by atoms with Crippen LogP contribution >= 0.6 is 0 Å². The summed E-state index contributed by atoms with van der Waals surface area (Å²) in [4.78, 5) is 15.4. The van der Waals surface area contributed by atoms with E-state index in [1.54, 1.807) is 7.11 Å². The number of ether oxygens (including phenoxy) is 1. The number of carbonyl (C=O) groups is 1. The number of aryl methyl sites for hydroxylation is 1. The molecule has 0 bridgehead atoms. The van der Waals surface area contributed by atoms with E-state index in [0.29, 0.717) is 12.2 Å². The highest BCUT2D eigenvalue weighted by Gasteiger charge is 2.09. The molecule has 0 fully saturated rings.